The number of nitrogens with two attached hydrogens (primary N) is 1. The molecule has 38 heavy (non-hydrogen) atoms. The molecule has 3 aromatic rings. The molecule has 2 heterocycles. The van der Waals surface area contributed by atoms with E-state index in [-0.39, 0.29) is 17.0 Å². The predicted octanol–water partition coefficient (Wildman–Crippen LogP) is 3.84. The number of hydrogen-bond acceptors (Lipinski definition) is 7. The molecule has 0 aliphatic heterocycles. The van der Waals surface area contributed by atoms with Crippen LogP contribution in [0.5, 0.6) is 0 Å². The molecule has 3 aliphatic rings. The third-order valence-corrected chi connectivity index (χ3v) is 10.4. The van der Waals surface area contributed by atoms with E-state index in [0.29, 0.717) is 62.6 Å². The smallest absolute Gasteiger partial charge is 0.212 e. The van der Waals surface area contributed by atoms with Crippen LogP contribution in [0.4, 0.5) is 5.82 Å². The average molecular weight is 542 g/mol. The first kappa shape index (κ1) is 27.0. The minimum absolute atomic E-state index is 0.107. The Hall–Kier alpha value is -2.56. The fraction of sp³-hybridized carbons (Fsp3) is 0.607. The number of rotatable bonds is 11. The number of nitrogens with one attached hydrogen (secondary N) is 1. The van der Waals surface area contributed by atoms with Crippen molar-refractivity contribution in [1.29, 1.82) is 0 Å². The summed E-state index contributed by atoms with van der Waals surface area (Å²) in [6.45, 7) is 5.66. The van der Waals surface area contributed by atoms with E-state index in [1.54, 1.807) is 7.11 Å². The van der Waals surface area contributed by atoms with Crippen molar-refractivity contribution in [3.63, 3.8) is 0 Å². The number of hydrogen-bond donors (Lipinski definition) is 2. The zero-order valence-corrected chi connectivity index (χ0v) is 23.4. The Labute approximate surface area is 224 Å². The molecule has 6 rings (SSSR count). The minimum atomic E-state index is -3.59. The average Bonchev–Trinajstić information content (AvgIpc) is 3.22. The first-order valence-corrected chi connectivity index (χ1v) is 15.2. The molecule has 0 spiro atoms. The van der Waals surface area contributed by atoms with Crippen LogP contribution in [-0.4, -0.2) is 54.8 Å². The molecule has 3 saturated carbocycles. The number of para-hydroxylation sites is 1. The van der Waals surface area contributed by atoms with Gasteiger partial charge in [-0.05, 0) is 49.5 Å². The number of fused-ring (bicyclic) bond motifs is 6. The summed E-state index contributed by atoms with van der Waals surface area (Å²) in [6.07, 6.45) is 5.12. The van der Waals surface area contributed by atoms with Crippen LogP contribution in [0.25, 0.3) is 21.9 Å². The highest BCUT2D eigenvalue weighted by atomic mass is 32.2. The number of benzene rings is 1. The topological polar surface area (TPSA) is 129 Å². The third-order valence-electron chi connectivity index (χ3n) is 8.87. The number of anilines is 1. The van der Waals surface area contributed by atoms with Crippen LogP contribution in [0.15, 0.2) is 24.3 Å². The Morgan fingerprint density at radius 2 is 2.00 bits per heavy atom. The van der Waals surface area contributed by atoms with E-state index in [0.717, 1.165) is 41.5 Å². The molecule has 0 radical (unpaired) electrons. The van der Waals surface area contributed by atoms with Gasteiger partial charge in [-0.2, -0.15) is 0 Å². The molecular weight excluding hydrogens is 502 g/mol. The third kappa shape index (κ3) is 4.82. The number of sulfonamides is 1. The summed E-state index contributed by atoms with van der Waals surface area (Å²) in [6, 6.07) is 7.88. The van der Waals surface area contributed by atoms with E-state index >= 15 is 0 Å². The molecule has 3 fully saturated rings. The molecular formula is C28H39N5O4S. The van der Waals surface area contributed by atoms with Gasteiger partial charge in [0.1, 0.15) is 17.1 Å². The molecule has 2 bridgehead atoms. The van der Waals surface area contributed by atoms with Crippen molar-refractivity contribution in [2.75, 3.05) is 31.7 Å². The van der Waals surface area contributed by atoms with Gasteiger partial charge in [-0.3, -0.25) is 4.79 Å². The molecule has 2 atom stereocenters. The Balaban J connectivity index is 1.27. The number of unbranched alkanes of at least 4 members (excludes halogenated alkanes) is 1. The fourth-order valence-electron chi connectivity index (χ4n) is 6.83. The summed E-state index contributed by atoms with van der Waals surface area (Å²) in [5.74, 6) is 1.71. The lowest BCUT2D eigenvalue weighted by Gasteiger charge is -2.55. The lowest BCUT2D eigenvalue weighted by molar-refractivity contribution is -0.149. The molecule has 3 aliphatic carbocycles. The van der Waals surface area contributed by atoms with Crippen LogP contribution < -0.4 is 10.5 Å². The number of nitrogens with zero attached hydrogens (tertiary/aromatic N) is 3. The second kappa shape index (κ2) is 10.2. The van der Waals surface area contributed by atoms with Crippen molar-refractivity contribution in [3.8, 4) is 0 Å². The maximum Gasteiger partial charge on any atom is 0.212 e. The molecule has 0 saturated heterocycles. The maximum atomic E-state index is 13.1. The zero-order chi connectivity index (χ0) is 27.1. The van der Waals surface area contributed by atoms with Crippen molar-refractivity contribution in [2.45, 2.75) is 65.3 Å². The monoisotopic (exact) mass is 541 g/mol. The lowest BCUT2D eigenvalue weighted by Crippen LogP contribution is -2.58. The van der Waals surface area contributed by atoms with Crippen molar-refractivity contribution in [3.05, 3.63) is 30.1 Å². The van der Waals surface area contributed by atoms with Crippen molar-refractivity contribution >= 4 is 43.6 Å². The summed E-state index contributed by atoms with van der Waals surface area (Å²) in [4.78, 5) is 22.3. The van der Waals surface area contributed by atoms with Gasteiger partial charge in [-0.1, -0.05) is 32.0 Å². The van der Waals surface area contributed by atoms with Gasteiger partial charge >= 0.3 is 0 Å². The van der Waals surface area contributed by atoms with E-state index < -0.39 is 15.4 Å². The Kier molecular flexibility index (Phi) is 7.26. The number of aromatic nitrogens is 3. The van der Waals surface area contributed by atoms with E-state index in [1.165, 1.54) is 0 Å². The van der Waals surface area contributed by atoms with Crippen LogP contribution in [-0.2, 0) is 32.5 Å². The van der Waals surface area contributed by atoms with E-state index in [1.807, 2.05) is 24.3 Å². The van der Waals surface area contributed by atoms with Crippen molar-refractivity contribution in [1.82, 2.24) is 19.3 Å². The second-order valence-corrected chi connectivity index (χ2v) is 13.5. The Morgan fingerprint density at radius 3 is 2.74 bits per heavy atom. The standard InChI is InChI=1S/C28H39N5O4S/c1-27(2)17-19-10-12-28(27,22(34)16-19)18-38(35,36)30-13-6-7-14-33-23(11-15-37-3)32-24-25(33)20-8-4-5-9-21(20)31-26(24)29/h4-5,8-9,19,30H,6-7,10-18H2,1-3H3,(H2,29,31)/t19?,28-/m0/s1. The fourth-order valence-corrected chi connectivity index (χ4v) is 8.73. The molecule has 10 heteroatoms. The quantitative estimate of drug-likeness (QED) is 0.353. The lowest BCUT2D eigenvalue weighted by atomic mass is 9.49. The summed E-state index contributed by atoms with van der Waals surface area (Å²) in [5.41, 5.74) is 7.66. The minimum Gasteiger partial charge on any atom is -0.384 e. The molecule has 3 N–H and O–H groups in total. The van der Waals surface area contributed by atoms with Crippen molar-refractivity contribution < 1.29 is 17.9 Å². The Bertz CT molecular complexity index is 1460. The van der Waals surface area contributed by atoms with Gasteiger partial charge in [0.05, 0.1) is 23.4 Å². The number of carbonyl (C=O) groups is 1. The van der Waals surface area contributed by atoms with Crippen LogP contribution in [0.3, 0.4) is 0 Å². The molecule has 1 unspecified atom stereocenters. The van der Waals surface area contributed by atoms with Gasteiger partial charge in [-0.15, -0.1) is 0 Å². The van der Waals surface area contributed by atoms with Crippen LogP contribution in [0, 0.1) is 16.7 Å². The van der Waals surface area contributed by atoms with Gasteiger partial charge < -0.3 is 15.0 Å². The highest BCUT2D eigenvalue weighted by molar-refractivity contribution is 7.89. The number of methoxy groups -OCH3 is 1. The summed E-state index contributed by atoms with van der Waals surface area (Å²) < 4.78 is 36.5. The van der Waals surface area contributed by atoms with Crippen LogP contribution in [0.1, 0.15) is 58.2 Å². The molecule has 2 aromatic heterocycles. The highest BCUT2D eigenvalue weighted by Gasteiger charge is 2.59. The van der Waals surface area contributed by atoms with Gasteiger partial charge in [0.25, 0.3) is 0 Å². The largest absolute Gasteiger partial charge is 0.384 e. The number of imidazole rings is 1. The molecule has 1 aromatic carbocycles. The number of nitrogen functional groups attached to an aromatic ring is 1. The summed E-state index contributed by atoms with van der Waals surface area (Å²) in [5, 5.41) is 0.988. The summed E-state index contributed by atoms with van der Waals surface area (Å²) >= 11 is 0. The first-order chi connectivity index (χ1) is 18.1. The summed E-state index contributed by atoms with van der Waals surface area (Å²) in [7, 11) is -1.92. The van der Waals surface area contributed by atoms with Crippen LogP contribution >= 0.6 is 0 Å². The normalized spacial score (nSPS) is 23.0. The van der Waals surface area contributed by atoms with Gasteiger partial charge in [-0.25, -0.2) is 23.1 Å². The number of aryl methyl sites for hydroxylation is 1. The number of ketones is 1. The molecule has 9 nitrogen and oxygen atoms in total. The molecule has 0 amide bonds. The van der Waals surface area contributed by atoms with Crippen molar-refractivity contribution in [2.24, 2.45) is 16.7 Å². The van der Waals surface area contributed by atoms with Gasteiger partial charge in [0.2, 0.25) is 10.0 Å². The zero-order valence-electron chi connectivity index (χ0n) is 22.6. The molecule has 206 valence electrons. The highest BCUT2D eigenvalue weighted by Crippen LogP contribution is 2.59. The first-order valence-electron chi connectivity index (χ1n) is 13.6. The van der Waals surface area contributed by atoms with E-state index in [2.05, 4.69) is 28.1 Å². The van der Waals surface area contributed by atoms with E-state index in [9.17, 15) is 13.2 Å². The number of Topliss-reactive ketones (excluding diaryl/α,β-unsaturated/α-hetero) is 1. The Morgan fingerprint density at radius 1 is 1.21 bits per heavy atom. The predicted molar refractivity (Wildman–Crippen MR) is 149 cm³/mol. The number of pyridine rings is 1. The SMILES string of the molecule is COCCc1nc2c(N)nc3ccccc3c2n1CCCCNS(=O)(=O)C[C@@]12CCC(CC1=O)CC2(C)C. The maximum absolute atomic E-state index is 13.1. The number of ether oxygens (including phenoxy) is 1. The van der Waals surface area contributed by atoms with Gasteiger partial charge in [0.15, 0.2) is 5.82 Å². The second-order valence-electron chi connectivity index (χ2n) is 11.7. The van der Waals surface area contributed by atoms with Gasteiger partial charge in [0, 0.05) is 43.8 Å². The number of carbonyl (C=O) groups excluding carboxylic acids is 1. The van der Waals surface area contributed by atoms with E-state index in [4.69, 9.17) is 15.5 Å². The van der Waals surface area contributed by atoms with Crippen LogP contribution in [0.2, 0.25) is 0 Å².